The Morgan fingerprint density at radius 3 is 2.36 bits per heavy atom. The molecule has 0 fully saturated rings. The monoisotopic (exact) mass is 834 g/mol. The van der Waals surface area contributed by atoms with Crippen LogP contribution in [0.4, 0.5) is 0 Å². The fraction of sp³-hybridized carbons (Fsp3) is 0.354. The molecule has 59 heavy (non-hydrogen) atoms. The van der Waals surface area contributed by atoms with Gasteiger partial charge in [0.25, 0.3) is 0 Å². The summed E-state index contributed by atoms with van der Waals surface area (Å²) in [4.78, 5) is 35.4. The highest BCUT2D eigenvalue weighted by Gasteiger charge is 2.36. The number of rotatable bonds is 12. The second kappa shape index (κ2) is 18.1. The highest BCUT2D eigenvalue weighted by molar-refractivity contribution is 6.42. The van der Waals surface area contributed by atoms with Crippen LogP contribution in [0.5, 0.6) is 11.5 Å². The standard InChI is InChI=1S/C48H52Cl2N4O5/c1-7-44(34-14-17-40(49)41(50)22-34)58-38-15-12-33(13-16-38)46-27-53(6)25-37-21-35-23-43(54(28(2)3)26-36(35)24-45(37)59-46)47(55)52-42(48(56)57)20-31-8-10-32(11-9-31)39-18-19-51-30(5)29(39)4/h8-19,21-22,24,28,42-44,46H,7,20,23,25-27H2,1-6H3,(H,52,55)(H,56,57)/t42-,43-,44+,46+/m0/s1. The summed E-state index contributed by atoms with van der Waals surface area (Å²) in [5.74, 6) is 0.244. The number of hydrogen-bond acceptors (Lipinski definition) is 7. The van der Waals surface area contributed by atoms with E-state index >= 15 is 0 Å². The number of benzene rings is 4. The summed E-state index contributed by atoms with van der Waals surface area (Å²) >= 11 is 12.4. The van der Waals surface area contributed by atoms with E-state index in [0.29, 0.717) is 36.1 Å². The van der Waals surface area contributed by atoms with Gasteiger partial charge in [-0.2, -0.15) is 0 Å². The lowest BCUT2D eigenvalue weighted by Gasteiger charge is -2.39. The first kappa shape index (κ1) is 42.2. The molecule has 2 aliphatic heterocycles. The summed E-state index contributed by atoms with van der Waals surface area (Å²) in [6, 6.07) is 26.3. The van der Waals surface area contributed by atoms with Gasteiger partial charge in [0, 0.05) is 49.6 Å². The van der Waals surface area contributed by atoms with E-state index in [-0.39, 0.29) is 30.6 Å². The van der Waals surface area contributed by atoms with Crippen molar-refractivity contribution in [3.8, 4) is 22.6 Å². The number of amides is 1. The highest BCUT2D eigenvalue weighted by Crippen LogP contribution is 2.37. The van der Waals surface area contributed by atoms with E-state index in [4.69, 9.17) is 32.7 Å². The van der Waals surface area contributed by atoms with Gasteiger partial charge < -0.3 is 19.9 Å². The molecule has 4 aromatic carbocycles. The van der Waals surface area contributed by atoms with E-state index in [1.807, 2.05) is 68.4 Å². The molecule has 5 aromatic rings. The summed E-state index contributed by atoms with van der Waals surface area (Å²) < 4.78 is 13.2. The number of aromatic nitrogens is 1. The molecule has 7 rings (SSSR count). The number of hydrogen-bond donors (Lipinski definition) is 2. The second-order valence-electron chi connectivity index (χ2n) is 16.1. The molecule has 2 N–H and O–H groups in total. The van der Waals surface area contributed by atoms with E-state index in [0.717, 1.165) is 73.7 Å². The molecule has 0 saturated heterocycles. The van der Waals surface area contributed by atoms with Crippen molar-refractivity contribution in [3.63, 3.8) is 0 Å². The third-order valence-corrected chi connectivity index (χ3v) is 12.4. The lowest BCUT2D eigenvalue weighted by Crippen LogP contribution is -2.56. The van der Waals surface area contributed by atoms with Crippen molar-refractivity contribution in [1.29, 1.82) is 0 Å². The van der Waals surface area contributed by atoms with Gasteiger partial charge in [0.05, 0.1) is 16.1 Å². The minimum Gasteiger partial charge on any atom is -0.486 e. The SMILES string of the molecule is CC[C@@H](Oc1ccc([C@H]2CN(C)Cc3cc4c(cc3O2)CN(C(C)C)[C@H](C(=O)N[C@@H](Cc2ccc(-c3ccnc(C)c3C)cc2)C(=O)O)C4)cc1)c1ccc(Cl)c(Cl)c1. The molecule has 11 heteroatoms. The largest absolute Gasteiger partial charge is 0.486 e. The van der Waals surface area contributed by atoms with Crippen LogP contribution < -0.4 is 14.8 Å². The molecular formula is C48H52Cl2N4O5. The van der Waals surface area contributed by atoms with Gasteiger partial charge in [-0.1, -0.05) is 78.7 Å². The Balaban J connectivity index is 1.04. The molecule has 1 aromatic heterocycles. The molecule has 0 bridgehead atoms. The molecular weight excluding hydrogens is 783 g/mol. The Labute approximate surface area is 357 Å². The fourth-order valence-electron chi connectivity index (χ4n) is 8.21. The lowest BCUT2D eigenvalue weighted by molar-refractivity contribution is -0.143. The first-order valence-corrected chi connectivity index (χ1v) is 21.0. The third kappa shape index (κ3) is 9.60. The molecule has 0 saturated carbocycles. The van der Waals surface area contributed by atoms with Gasteiger partial charge in [-0.15, -0.1) is 0 Å². The van der Waals surface area contributed by atoms with Crippen LogP contribution in [-0.4, -0.2) is 63.5 Å². The van der Waals surface area contributed by atoms with Crippen molar-refractivity contribution >= 4 is 35.1 Å². The van der Waals surface area contributed by atoms with Gasteiger partial charge in [0.2, 0.25) is 5.91 Å². The Bertz CT molecular complexity index is 2320. The number of carboxylic acids is 1. The summed E-state index contributed by atoms with van der Waals surface area (Å²) in [5, 5.41) is 14.2. The predicted molar refractivity (Wildman–Crippen MR) is 233 cm³/mol. The molecule has 1 amide bonds. The van der Waals surface area contributed by atoms with Gasteiger partial charge in [0.15, 0.2) is 0 Å². The fourth-order valence-corrected chi connectivity index (χ4v) is 8.52. The van der Waals surface area contributed by atoms with E-state index in [9.17, 15) is 14.7 Å². The molecule has 2 aliphatic rings. The molecule has 3 heterocycles. The van der Waals surface area contributed by atoms with Crippen LogP contribution in [0.15, 0.2) is 91.1 Å². The minimum absolute atomic E-state index is 0.0401. The smallest absolute Gasteiger partial charge is 0.326 e. The van der Waals surface area contributed by atoms with Crippen molar-refractivity contribution in [1.82, 2.24) is 20.1 Å². The molecule has 9 nitrogen and oxygen atoms in total. The summed E-state index contributed by atoms with van der Waals surface area (Å²) in [6.45, 7) is 12.2. The van der Waals surface area contributed by atoms with Gasteiger partial charge in [-0.05, 0) is 128 Å². The first-order chi connectivity index (χ1) is 28.3. The van der Waals surface area contributed by atoms with E-state index in [1.165, 1.54) is 0 Å². The van der Waals surface area contributed by atoms with Crippen molar-refractivity contribution in [2.75, 3.05) is 13.6 Å². The maximum atomic E-state index is 14.1. The van der Waals surface area contributed by atoms with Crippen LogP contribution in [0.1, 0.15) is 84.0 Å². The molecule has 0 spiro atoms. The molecule has 0 aliphatic carbocycles. The average Bonchev–Trinajstić information content (AvgIpc) is 3.38. The zero-order chi connectivity index (χ0) is 42.0. The molecule has 4 atom stereocenters. The summed E-state index contributed by atoms with van der Waals surface area (Å²) in [7, 11) is 2.09. The van der Waals surface area contributed by atoms with Gasteiger partial charge >= 0.3 is 5.97 Å². The zero-order valence-corrected chi connectivity index (χ0v) is 36.0. The maximum Gasteiger partial charge on any atom is 0.326 e. The molecule has 0 unspecified atom stereocenters. The molecule has 308 valence electrons. The number of nitrogens with zero attached hydrogens (tertiary/aromatic N) is 3. The average molecular weight is 836 g/mol. The quantitative estimate of drug-likeness (QED) is 0.128. The Morgan fingerprint density at radius 2 is 1.68 bits per heavy atom. The number of nitrogens with one attached hydrogen (secondary N) is 1. The number of likely N-dealkylation sites (N-methyl/N-ethyl adjacent to an activating group) is 1. The van der Waals surface area contributed by atoms with Crippen LogP contribution in [0.25, 0.3) is 11.1 Å². The number of pyridine rings is 1. The number of carboxylic acid groups (broad SMARTS) is 1. The Kier molecular flexibility index (Phi) is 13.0. The Morgan fingerprint density at radius 1 is 0.932 bits per heavy atom. The van der Waals surface area contributed by atoms with Gasteiger partial charge in [-0.25, -0.2) is 4.79 Å². The van der Waals surface area contributed by atoms with E-state index < -0.39 is 18.1 Å². The van der Waals surface area contributed by atoms with Crippen molar-refractivity contribution in [2.45, 2.75) is 97.3 Å². The number of aryl methyl sites for hydroxylation is 1. The second-order valence-corrected chi connectivity index (χ2v) is 17.0. The van der Waals surface area contributed by atoms with Crippen LogP contribution >= 0.6 is 23.2 Å². The third-order valence-electron chi connectivity index (χ3n) is 11.7. The van der Waals surface area contributed by atoms with E-state index in [1.54, 1.807) is 12.3 Å². The number of aliphatic carboxylic acids is 1. The topological polar surface area (TPSA) is 104 Å². The van der Waals surface area contributed by atoms with Gasteiger partial charge in [-0.3, -0.25) is 19.6 Å². The normalized spacial score (nSPS) is 17.9. The summed E-state index contributed by atoms with van der Waals surface area (Å²) in [5.41, 5.74) is 10.3. The first-order valence-electron chi connectivity index (χ1n) is 20.3. The minimum atomic E-state index is -1.07. The van der Waals surface area contributed by atoms with Crippen LogP contribution in [0.3, 0.4) is 0 Å². The predicted octanol–water partition coefficient (Wildman–Crippen LogP) is 9.72. The van der Waals surface area contributed by atoms with Crippen LogP contribution in [0, 0.1) is 13.8 Å². The number of carbonyl (C=O) groups is 2. The Hall–Kier alpha value is -4.93. The van der Waals surface area contributed by atoms with Crippen molar-refractivity contribution in [3.05, 3.63) is 146 Å². The summed E-state index contributed by atoms with van der Waals surface area (Å²) in [6.07, 6.45) is 2.83. The van der Waals surface area contributed by atoms with E-state index in [2.05, 4.69) is 72.2 Å². The van der Waals surface area contributed by atoms with Gasteiger partial charge in [0.1, 0.15) is 29.7 Å². The number of carbonyl (C=O) groups excluding carboxylic acids is 1. The lowest BCUT2D eigenvalue weighted by atomic mass is 9.90. The number of halogens is 2. The maximum absolute atomic E-state index is 14.1. The number of fused-ring (bicyclic) bond motifs is 2. The number of ether oxygens (including phenoxy) is 2. The molecule has 0 radical (unpaired) electrons. The van der Waals surface area contributed by atoms with Crippen molar-refractivity contribution in [2.24, 2.45) is 0 Å². The highest BCUT2D eigenvalue weighted by atomic mass is 35.5. The zero-order valence-electron chi connectivity index (χ0n) is 34.5. The van der Waals surface area contributed by atoms with Crippen LogP contribution in [0.2, 0.25) is 10.0 Å². The van der Waals surface area contributed by atoms with Crippen LogP contribution in [-0.2, 0) is 35.5 Å². The van der Waals surface area contributed by atoms with Crippen molar-refractivity contribution < 1.29 is 24.2 Å².